The van der Waals surface area contributed by atoms with Crippen molar-refractivity contribution >= 4 is 15.9 Å². The van der Waals surface area contributed by atoms with Gasteiger partial charge in [0.15, 0.2) is 0 Å². The van der Waals surface area contributed by atoms with Gasteiger partial charge >= 0.3 is 0 Å². The third-order valence-corrected chi connectivity index (χ3v) is 5.54. The van der Waals surface area contributed by atoms with Crippen LogP contribution in [0.4, 0.5) is 0 Å². The van der Waals surface area contributed by atoms with E-state index in [1.54, 1.807) is 11.1 Å². The number of H-pyrrole nitrogens is 1. The molecule has 5 rings (SSSR count). The largest absolute Gasteiger partial charge is 0.363 e. The van der Waals surface area contributed by atoms with Crippen molar-refractivity contribution in [3.8, 4) is 0 Å². The van der Waals surface area contributed by atoms with E-state index in [0.717, 1.165) is 16.9 Å². The second-order valence-corrected chi connectivity index (χ2v) is 7.46. The number of hydrogen-bond donors (Lipinski definition) is 1. The summed E-state index contributed by atoms with van der Waals surface area (Å²) in [7, 11) is 0. The Morgan fingerprint density at radius 3 is 2.71 bits per heavy atom. The van der Waals surface area contributed by atoms with Crippen LogP contribution < -0.4 is 0 Å². The number of nitrogens with zero attached hydrogens (tertiary/aromatic N) is 1. The fraction of sp³-hybridized carbons (Fsp3) is 0.444. The van der Waals surface area contributed by atoms with Crippen LogP contribution in [0.2, 0.25) is 0 Å². The predicted molar refractivity (Wildman–Crippen MR) is 89.3 cm³/mol. The van der Waals surface area contributed by atoms with Gasteiger partial charge in [-0.1, -0.05) is 24.3 Å². The van der Waals surface area contributed by atoms with Crippen molar-refractivity contribution in [1.82, 2.24) is 9.88 Å². The zero-order chi connectivity index (χ0) is 14.2. The lowest BCUT2D eigenvalue weighted by Crippen LogP contribution is -2.46. The van der Waals surface area contributed by atoms with Crippen molar-refractivity contribution in [3.63, 3.8) is 0 Å². The number of rotatable bonds is 2. The van der Waals surface area contributed by atoms with Gasteiger partial charge in [0.05, 0.1) is 0 Å². The van der Waals surface area contributed by atoms with E-state index in [4.69, 9.17) is 0 Å². The third-order valence-electron chi connectivity index (χ3n) is 5.08. The zero-order valence-corrected chi connectivity index (χ0v) is 13.8. The average molecular weight is 345 g/mol. The molecule has 3 heteroatoms. The Bertz CT molecular complexity index is 634. The Labute approximate surface area is 134 Å². The van der Waals surface area contributed by atoms with Crippen LogP contribution in [0.25, 0.3) is 0 Å². The molecule has 1 fully saturated rings. The standard InChI is InChI=1S/C18H21BrN2/c19-16-9-17(20-10-16)12-21-11-13-5-6-18(21)8-15-4-2-1-3-14(15)7-13/h1-4,9-10,13,18,20H,5-8,11-12H2/t13-,18+/m0/s1. The van der Waals surface area contributed by atoms with Gasteiger partial charge in [0.25, 0.3) is 0 Å². The summed E-state index contributed by atoms with van der Waals surface area (Å²) in [5.74, 6) is 0.820. The zero-order valence-electron chi connectivity index (χ0n) is 12.2. The molecule has 0 saturated carbocycles. The molecule has 2 atom stereocenters. The van der Waals surface area contributed by atoms with E-state index in [0.29, 0.717) is 6.04 Å². The smallest absolute Gasteiger partial charge is 0.0388 e. The second-order valence-electron chi connectivity index (χ2n) is 6.55. The average Bonchev–Trinajstić information content (AvgIpc) is 2.85. The fourth-order valence-electron chi connectivity index (χ4n) is 4.02. The minimum atomic E-state index is 0.699. The van der Waals surface area contributed by atoms with E-state index in [9.17, 15) is 0 Å². The quantitative estimate of drug-likeness (QED) is 0.866. The SMILES string of the molecule is Brc1c[nH]c(CN2C[C@H]3CC[C@@H]2Cc2ccccc2C3)c1. The highest BCUT2D eigenvalue weighted by Crippen LogP contribution is 2.33. The molecule has 1 N–H and O–H groups in total. The molecule has 2 aromatic rings. The van der Waals surface area contributed by atoms with Gasteiger partial charge in [0.2, 0.25) is 0 Å². The predicted octanol–water partition coefficient (Wildman–Crippen LogP) is 4.16. The highest BCUT2D eigenvalue weighted by Gasteiger charge is 2.31. The highest BCUT2D eigenvalue weighted by molar-refractivity contribution is 9.10. The molecule has 0 amide bonds. The molecule has 2 aliphatic heterocycles. The minimum absolute atomic E-state index is 0.699. The lowest BCUT2D eigenvalue weighted by atomic mass is 9.80. The van der Waals surface area contributed by atoms with Crippen LogP contribution in [0.5, 0.6) is 0 Å². The molecule has 110 valence electrons. The maximum absolute atomic E-state index is 3.54. The van der Waals surface area contributed by atoms with Crippen molar-refractivity contribution < 1.29 is 0 Å². The Balaban J connectivity index is 1.58. The summed E-state index contributed by atoms with van der Waals surface area (Å²) in [6, 6.07) is 12.0. The van der Waals surface area contributed by atoms with Crippen LogP contribution in [0.1, 0.15) is 29.7 Å². The molecule has 0 spiro atoms. The lowest BCUT2D eigenvalue weighted by Gasteiger charge is -2.42. The number of piperidine rings is 1. The first kappa shape index (κ1) is 13.6. The van der Waals surface area contributed by atoms with Crippen LogP contribution >= 0.6 is 15.9 Å². The molecule has 3 heterocycles. The van der Waals surface area contributed by atoms with Crippen molar-refractivity contribution in [2.75, 3.05) is 6.54 Å². The summed E-state index contributed by atoms with van der Waals surface area (Å²) >= 11 is 3.54. The van der Waals surface area contributed by atoms with E-state index < -0.39 is 0 Å². The molecule has 0 unspecified atom stereocenters. The highest BCUT2D eigenvalue weighted by atomic mass is 79.9. The number of aromatic amines is 1. The van der Waals surface area contributed by atoms with Gasteiger partial charge in [0, 0.05) is 35.5 Å². The van der Waals surface area contributed by atoms with E-state index >= 15 is 0 Å². The summed E-state index contributed by atoms with van der Waals surface area (Å²) in [6.45, 7) is 2.30. The Morgan fingerprint density at radius 1 is 1.14 bits per heavy atom. The third kappa shape index (κ3) is 2.82. The van der Waals surface area contributed by atoms with Crippen LogP contribution in [-0.2, 0) is 19.4 Å². The first-order valence-electron chi connectivity index (χ1n) is 7.91. The van der Waals surface area contributed by atoms with Crippen molar-refractivity contribution in [2.45, 2.75) is 38.3 Å². The summed E-state index contributed by atoms with van der Waals surface area (Å²) < 4.78 is 1.15. The summed E-state index contributed by atoms with van der Waals surface area (Å²) in [5, 5.41) is 0. The van der Waals surface area contributed by atoms with E-state index in [-0.39, 0.29) is 0 Å². The van der Waals surface area contributed by atoms with Crippen molar-refractivity contribution in [3.05, 3.63) is 57.8 Å². The Hall–Kier alpha value is -1.06. The molecule has 1 saturated heterocycles. The molecule has 1 aromatic carbocycles. The molecule has 21 heavy (non-hydrogen) atoms. The Kier molecular flexibility index (Phi) is 3.64. The monoisotopic (exact) mass is 344 g/mol. The number of aromatic nitrogens is 1. The molecular weight excluding hydrogens is 324 g/mol. The van der Waals surface area contributed by atoms with Gasteiger partial charge in [-0.25, -0.2) is 0 Å². The molecule has 1 aromatic heterocycles. The fourth-order valence-corrected chi connectivity index (χ4v) is 4.41. The summed E-state index contributed by atoms with van der Waals surface area (Å²) in [4.78, 5) is 6.08. The summed E-state index contributed by atoms with van der Waals surface area (Å²) in [6.07, 6.45) is 7.25. The molecular formula is C18H21BrN2. The van der Waals surface area contributed by atoms with Crippen LogP contribution in [0, 0.1) is 5.92 Å². The van der Waals surface area contributed by atoms with E-state index in [1.807, 2.05) is 6.20 Å². The van der Waals surface area contributed by atoms with Crippen LogP contribution in [0.15, 0.2) is 41.0 Å². The van der Waals surface area contributed by atoms with Crippen LogP contribution in [0.3, 0.4) is 0 Å². The number of hydrogen-bond acceptors (Lipinski definition) is 1. The van der Waals surface area contributed by atoms with Gasteiger partial charge in [0.1, 0.15) is 0 Å². The molecule has 0 radical (unpaired) electrons. The van der Waals surface area contributed by atoms with E-state index in [2.05, 4.69) is 56.1 Å². The number of fused-ring (bicyclic) bond motifs is 2. The molecule has 2 bridgehead atoms. The molecule has 3 aliphatic rings. The van der Waals surface area contributed by atoms with Gasteiger partial charge in [-0.2, -0.15) is 0 Å². The number of halogens is 1. The first-order valence-corrected chi connectivity index (χ1v) is 8.71. The maximum atomic E-state index is 3.54. The van der Waals surface area contributed by atoms with Gasteiger partial charge < -0.3 is 4.98 Å². The maximum Gasteiger partial charge on any atom is 0.0388 e. The van der Waals surface area contributed by atoms with Gasteiger partial charge in [-0.3, -0.25) is 4.90 Å². The van der Waals surface area contributed by atoms with Crippen LogP contribution in [-0.4, -0.2) is 22.5 Å². The van der Waals surface area contributed by atoms with Gasteiger partial charge in [-0.15, -0.1) is 0 Å². The van der Waals surface area contributed by atoms with Crippen molar-refractivity contribution in [1.29, 1.82) is 0 Å². The Morgan fingerprint density at radius 2 is 1.95 bits per heavy atom. The summed E-state index contributed by atoms with van der Waals surface area (Å²) in [5.41, 5.74) is 4.49. The lowest BCUT2D eigenvalue weighted by molar-refractivity contribution is 0.0927. The first-order chi connectivity index (χ1) is 10.3. The minimum Gasteiger partial charge on any atom is -0.363 e. The van der Waals surface area contributed by atoms with Crippen molar-refractivity contribution in [2.24, 2.45) is 5.92 Å². The molecule has 2 nitrogen and oxygen atoms in total. The topological polar surface area (TPSA) is 19.0 Å². The van der Waals surface area contributed by atoms with E-state index in [1.165, 1.54) is 37.9 Å². The number of nitrogens with one attached hydrogen (secondary N) is 1. The number of benzene rings is 1. The molecule has 1 aliphatic carbocycles. The normalized spacial score (nSPS) is 25.4. The second kappa shape index (κ2) is 5.62. The van der Waals surface area contributed by atoms with Gasteiger partial charge in [-0.05, 0) is 64.7 Å².